The van der Waals surface area contributed by atoms with Crippen molar-refractivity contribution < 1.29 is 19.4 Å². The Bertz CT molecular complexity index is 942. The van der Waals surface area contributed by atoms with Crippen LogP contribution in [-0.2, 0) is 4.79 Å². The molecule has 0 aliphatic heterocycles. The number of ether oxygens (including phenoxy) is 2. The van der Waals surface area contributed by atoms with Crippen molar-refractivity contribution in [1.29, 1.82) is 0 Å². The fourth-order valence-electron chi connectivity index (χ4n) is 6.18. The molecule has 1 heterocycles. The predicted molar refractivity (Wildman–Crippen MR) is 111 cm³/mol. The molecule has 6 rings (SSSR count). The molecule has 0 spiro atoms. The Balaban J connectivity index is 1.38. The molecule has 2 aromatic rings. The summed E-state index contributed by atoms with van der Waals surface area (Å²) < 4.78 is 10.8. The Labute approximate surface area is 174 Å². The van der Waals surface area contributed by atoms with Crippen LogP contribution in [0, 0.1) is 17.3 Å². The summed E-state index contributed by atoms with van der Waals surface area (Å²) in [6.45, 7) is 0. The molecule has 7 heteroatoms. The highest BCUT2D eigenvalue weighted by Crippen LogP contribution is 2.61. The van der Waals surface area contributed by atoms with Crippen molar-refractivity contribution in [3.8, 4) is 22.8 Å². The van der Waals surface area contributed by atoms with Crippen molar-refractivity contribution in [2.24, 2.45) is 17.3 Å². The minimum Gasteiger partial charge on any atom is -0.497 e. The summed E-state index contributed by atoms with van der Waals surface area (Å²) in [5.74, 6) is 2.39. The SMILES string of the molecule is COc1ccc(OC)c(-c2csc(NC(=O)C34C[C@@H]5C[C@@H](CC(O)(C5)C3)C4)n2)c1. The molecule has 29 heavy (non-hydrogen) atoms. The average Bonchev–Trinajstić information content (AvgIpc) is 3.14. The Morgan fingerprint density at radius 1 is 1.21 bits per heavy atom. The van der Waals surface area contributed by atoms with Crippen LogP contribution < -0.4 is 14.8 Å². The lowest BCUT2D eigenvalue weighted by Crippen LogP contribution is -2.59. The second-order valence-corrected chi connectivity index (χ2v) is 9.88. The zero-order valence-corrected chi connectivity index (χ0v) is 17.6. The molecular weight excluding hydrogens is 388 g/mol. The minimum absolute atomic E-state index is 0.0172. The molecule has 4 fully saturated rings. The number of hydrogen-bond donors (Lipinski definition) is 2. The lowest BCUT2D eigenvalue weighted by atomic mass is 9.47. The number of hydrogen-bond acceptors (Lipinski definition) is 6. The highest BCUT2D eigenvalue weighted by Gasteiger charge is 2.60. The highest BCUT2D eigenvalue weighted by atomic mass is 32.1. The van der Waals surface area contributed by atoms with E-state index in [1.54, 1.807) is 14.2 Å². The first kappa shape index (κ1) is 18.9. The Morgan fingerprint density at radius 2 is 1.97 bits per heavy atom. The molecule has 0 radical (unpaired) electrons. The third-order valence-electron chi connectivity index (χ3n) is 6.92. The van der Waals surface area contributed by atoms with Crippen LogP contribution in [0.1, 0.15) is 38.5 Å². The van der Waals surface area contributed by atoms with Gasteiger partial charge in [0.2, 0.25) is 5.91 Å². The number of aliphatic hydroxyl groups is 1. The molecule has 2 unspecified atom stereocenters. The van der Waals surface area contributed by atoms with Gasteiger partial charge in [-0.15, -0.1) is 11.3 Å². The fraction of sp³-hybridized carbons (Fsp3) is 0.545. The smallest absolute Gasteiger partial charge is 0.232 e. The maximum atomic E-state index is 13.3. The number of nitrogens with one attached hydrogen (secondary N) is 1. The van der Waals surface area contributed by atoms with Crippen molar-refractivity contribution in [3.63, 3.8) is 0 Å². The van der Waals surface area contributed by atoms with Crippen LogP contribution in [0.3, 0.4) is 0 Å². The van der Waals surface area contributed by atoms with Gasteiger partial charge >= 0.3 is 0 Å². The second kappa shape index (κ2) is 6.71. The number of methoxy groups -OCH3 is 2. The number of aromatic nitrogens is 1. The molecule has 4 aliphatic carbocycles. The summed E-state index contributed by atoms with van der Waals surface area (Å²) in [5, 5.41) is 16.5. The van der Waals surface area contributed by atoms with Gasteiger partial charge in [0.1, 0.15) is 11.5 Å². The van der Waals surface area contributed by atoms with Gasteiger partial charge in [0.05, 0.1) is 30.9 Å². The van der Waals surface area contributed by atoms with Crippen LogP contribution in [0.5, 0.6) is 11.5 Å². The van der Waals surface area contributed by atoms with E-state index in [0.29, 0.717) is 29.1 Å². The van der Waals surface area contributed by atoms with Crippen molar-refractivity contribution in [2.75, 3.05) is 19.5 Å². The molecule has 2 N–H and O–H groups in total. The molecule has 1 amide bonds. The Hall–Kier alpha value is -2.12. The van der Waals surface area contributed by atoms with Crippen LogP contribution in [0.25, 0.3) is 11.3 Å². The normalized spacial score (nSPS) is 32.2. The standard InChI is InChI=1S/C22H26N2O4S/c1-27-15-3-4-18(28-2)16(6-15)17-11-29-20(23-17)24-19(25)21-7-13-5-14(8-21)10-22(26,9-13)12-21/h3-4,6,11,13-14,26H,5,7-10,12H2,1-2H3,(H,23,24,25)/t13-,14+,21?,22?. The van der Waals surface area contributed by atoms with E-state index < -0.39 is 11.0 Å². The summed E-state index contributed by atoms with van der Waals surface area (Å²) in [6, 6.07) is 5.57. The quantitative estimate of drug-likeness (QED) is 0.770. The van der Waals surface area contributed by atoms with E-state index in [0.717, 1.165) is 49.1 Å². The number of carbonyl (C=O) groups excluding carboxylic acids is 1. The summed E-state index contributed by atoms with van der Waals surface area (Å²) >= 11 is 1.41. The van der Waals surface area contributed by atoms with E-state index in [9.17, 15) is 9.90 Å². The number of carbonyl (C=O) groups is 1. The Kier molecular flexibility index (Phi) is 4.37. The molecule has 4 saturated carbocycles. The third kappa shape index (κ3) is 3.20. The van der Waals surface area contributed by atoms with Crippen LogP contribution in [0.2, 0.25) is 0 Å². The predicted octanol–water partition coefficient (Wildman–Crippen LogP) is 4.10. The van der Waals surface area contributed by atoms with Crippen LogP contribution in [0.15, 0.2) is 23.6 Å². The van der Waals surface area contributed by atoms with Crippen molar-refractivity contribution in [3.05, 3.63) is 23.6 Å². The average molecular weight is 415 g/mol. The third-order valence-corrected chi connectivity index (χ3v) is 7.68. The molecule has 4 atom stereocenters. The molecule has 4 aliphatic rings. The lowest BCUT2D eigenvalue weighted by molar-refractivity contribution is -0.174. The van der Waals surface area contributed by atoms with E-state index in [-0.39, 0.29) is 5.91 Å². The number of amides is 1. The summed E-state index contributed by atoms with van der Waals surface area (Å²) in [5.41, 5.74) is 0.472. The second-order valence-electron chi connectivity index (χ2n) is 9.02. The van der Waals surface area contributed by atoms with Crippen molar-refractivity contribution >= 4 is 22.4 Å². The van der Waals surface area contributed by atoms with E-state index in [2.05, 4.69) is 10.3 Å². The molecular formula is C22H26N2O4S. The number of rotatable bonds is 5. The van der Waals surface area contributed by atoms with Gasteiger partial charge in [-0.1, -0.05) is 0 Å². The first-order valence-electron chi connectivity index (χ1n) is 10.1. The first-order valence-corrected chi connectivity index (χ1v) is 11.0. The van der Waals surface area contributed by atoms with Gasteiger partial charge in [-0.25, -0.2) is 4.98 Å². The zero-order chi connectivity index (χ0) is 20.2. The molecule has 0 saturated heterocycles. The van der Waals surface area contributed by atoms with E-state index in [1.165, 1.54) is 11.3 Å². The van der Waals surface area contributed by atoms with Gasteiger partial charge in [-0.3, -0.25) is 4.79 Å². The summed E-state index contributed by atoms with van der Waals surface area (Å²) in [4.78, 5) is 17.9. The topological polar surface area (TPSA) is 80.7 Å². The molecule has 1 aromatic carbocycles. The highest BCUT2D eigenvalue weighted by molar-refractivity contribution is 7.14. The van der Waals surface area contributed by atoms with Crippen LogP contribution in [0.4, 0.5) is 5.13 Å². The van der Waals surface area contributed by atoms with Crippen molar-refractivity contribution in [1.82, 2.24) is 4.98 Å². The van der Waals surface area contributed by atoms with Gasteiger partial charge in [-0.05, 0) is 68.6 Å². The number of anilines is 1. The fourth-order valence-corrected chi connectivity index (χ4v) is 6.88. The van der Waals surface area contributed by atoms with Gasteiger partial charge < -0.3 is 19.9 Å². The number of thiazole rings is 1. The zero-order valence-electron chi connectivity index (χ0n) is 16.7. The monoisotopic (exact) mass is 414 g/mol. The molecule has 1 aromatic heterocycles. The first-order chi connectivity index (χ1) is 13.9. The van der Waals surface area contributed by atoms with E-state index in [4.69, 9.17) is 9.47 Å². The molecule has 6 nitrogen and oxygen atoms in total. The summed E-state index contributed by atoms with van der Waals surface area (Å²) in [6.07, 6.45) is 5.24. The van der Waals surface area contributed by atoms with E-state index >= 15 is 0 Å². The van der Waals surface area contributed by atoms with Gasteiger partial charge in [0.15, 0.2) is 5.13 Å². The van der Waals surface area contributed by atoms with Gasteiger partial charge in [0, 0.05) is 10.9 Å². The summed E-state index contributed by atoms with van der Waals surface area (Å²) in [7, 11) is 3.25. The van der Waals surface area contributed by atoms with Crippen LogP contribution in [-0.4, -0.2) is 35.8 Å². The molecule has 154 valence electrons. The van der Waals surface area contributed by atoms with E-state index in [1.807, 2.05) is 23.6 Å². The maximum Gasteiger partial charge on any atom is 0.232 e. The maximum absolute atomic E-state index is 13.3. The van der Waals surface area contributed by atoms with Gasteiger partial charge in [-0.2, -0.15) is 0 Å². The molecule has 4 bridgehead atoms. The Morgan fingerprint density at radius 3 is 2.62 bits per heavy atom. The lowest BCUT2D eigenvalue weighted by Gasteiger charge is -2.59. The number of nitrogens with zero attached hydrogens (tertiary/aromatic N) is 1. The van der Waals surface area contributed by atoms with Crippen LogP contribution >= 0.6 is 11.3 Å². The largest absolute Gasteiger partial charge is 0.497 e. The minimum atomic E-state index is -0.649. The van der Waals surface area contributed by atoms with Crippen molar-refractivity contribution in [2.45, 2.75) is 44.1 Å². The number of benzene rings is 1. The van der Waals surface area contributed by atoms with Gasteiger partial charge in [0.25, 0.3) is 0 Å².